The van der Waals surface area contributed by atoms with E-state index >= 15 is 0 Å². The van der Waals surface area contributed by atoms with Crippen molar-refractivity contribution in [3.63, 3.8) is 0 Å². The summed E-state index contributed by atoms with van der Waals surface area (Å²) in [5, 5.41) is 16.0. The standard InChI is InChI=1S/C11H19N3O2S/c1-8-6-10(14(2)13-8)11(16)12-9(4-5-15)7-17-3/h6,9,15H,4-5,7H2,1-3H3,(H,12,16). The Bertz CT molecular complexity index is 373. The second kappa shape index (κ2) is 6.66. The Balaban J connectivity index is 2.66. The molecule has 0 aliphatic heterocycles. The van der Waals surface area contributed by atoms with Gasteiger partial charge in [0.2, 0.25) is 0 Å². The number of thioether (sulfide) groups is 1. The number of carbonyl (C=O) groups excluding carboxylic acids is 1. The summed E-state index contributed by atoms with van der Waals surface area (Å²) >= 11 is 1.65. The van der Waals surface area contributed by atoms with E-state index in [1.54, 1.807) is 29.6 Å². The Morgan fingerprint density at radius 2 is 2.41 bits per heavy atom. The molecule has 0 aliphatic rings. The normalized spacial score (nSPS) is 12.5. The first kappa shape index (κ1) is 14.1. The number of aliphatic hydroxyl groups excluding tert-OH is 1. The summed E-state index contributed by atoms with van der Waals surface area (Å²) in [4.78, 5) is 12.0. The molecular weight excluding hydrogens is 238 g/mol. The van der Waals surface area contributed by atoms with Crippen molar-refractivity contribution in [3.8, 4) is 0 Å². The minimum atomic E-state index is -0.138. The molecule has 0 spiro atoms. The van der Waals surface area contributed by atoms with Gasteiger partial charge in [0, 0.05) is 25.4 Å². The van der Waals surface area contributed by atoms with Gasteiger partial charge in [-0.3, -0.25) is 9.48 Å². The smallest absolute Gasteiger partial charge is 0.269 e. The molecule has 0 saturated heterocycles. The zero-order valence-electron chi connectivity index (χ0n) is 10.4. The summed E-state index contributed by atoms with van der Waals surface area (Å²) < 4.78 is 1.57. The fourth-order valence-corrected chi connectivity index (χ4v) is 2.29. The molecule has 0 fully saturated rings. The maximum atomic E-state index is 12.0. The Labute approximate surface area is 106 Å². The van der Waals surface area contributed by atoms with Gasteiger partial charge >= 0.3 is 0 Å². The van der Waals surface area contributed by atoms with Crippen LogP contribution in [0.5, 0.6) is 0 Å². The van der Waals surface area contributed by atoms with Gasteiger partial charge in [-0.2, -0.15) is 16.9 Å². The molecule has 2 N–H and O–H groups in total. The Morgan fingerprint density at radius 1 is 1.71 bits per heavy atom. The molecule has 96 valence electrons. The summed E-state index contributed by atoms with van der Waals surface area (Å²) in [5.74, 6) is 0.656. The molecule has 5 nitrogen and oxygen atoms in total. The van der Waals surface area contributed by atoms with Crippen LogP contribution in [-0.2, 0) is 7.05 Å². The first-order chi connectivity index (χ1) is 8.08. The lowest BCUT2D eigenvalue weighted by Gasteiger charge is -2.16. The Morgan fingerprint density at radius 3 is 2.88 bits per heavy atom. The predicted molar refractivity (Wildman–Crippen MR) is 69.3 cm³/mol. The highest BCUT2D eigenvalue weighted by atomic mass is 32.2. The van der Waals surface area contributed by atoms with Crippen LogP contribution < -0.4 is 5.32 Å². The molecule has 1 atom stereocenters. The van der Waals surface area contributed by atoms with Crippen LogP contribution in [0.1, 0.15) is 22.6 Å². The molecule has 1 rings (SSSR count). The van der Waals surface area contributed by atoms with Crippen LogP contribution in [0.3, 0.4) is 0 Å². The lowest BCUT2D eigenvalue weighted by Crippen LogP contribution is -2.38. The largest absolute Gasteiger partial charge is 0.396 e. The molecular formula is C11H19N3O2S. The van der Waals surface area contributed by atoms with E-state index in [9.17, 15) is 4.79 Å². The van der Waals surface area contributed by atoms with Crippen molar-refractivity contribution in [2.24, 2.45) is 7.05 Å². The summed E-state index contributed by atoms with van der Waals surface area (Å²) in [7, 11) is 1.75. The van der Waals surface area contributed by atoms with Gasteiger partial charge < -0.3 is 10.4 Å². The molecule has 0 saturated carbocycles. The lowest BCUT2D eigenvalue weighted by molar-refractivity contribution is 0.0926. The maximum Gasteiger partial charge on any atom is 0.269 e. The second-order valence-electron chi connectivity index (χ2n) is 3.93. The van der Waals surface area contributed by atoms with Crippen molar-refractivity contribution in [1.29, 1.82) is 0 Å². The third-order valence-electron chi connectivity index (χ3n) is 2.42. The van der Waals surface area contributed by atoms with Crippen molar-refractivity contribution < 1.29 is 9.90 Å². The number of rotatable bonds is 6. The number of hydrogen-bond donors (Lipinski definition) is 2. The maximum absolute atomic E-state index is 12.0. The third-order valence-corrected chi connectivity index (χ3v) is 3.15. The van der Waals surface area contributed by atoms with Gasteiger partial charge in [0.1, 0.15) is 5.69 Å². The van der Waals surface area contributed by atoms with Gasteiger partial charge in [-0.1, -0.05) is 0 Å². The zero-order valence-corrected chi connectivity index (χ0v) is 11.3. The van der Waals surface area contributed by atoms with Crippen LogP contribution >= 0.6 is 11.8 Å². The van der Waals surface area contributed by atoms with E-state index in [-0.39, 0.29) is 18.6 Å². The van der Waals surface area contributed by atoms with E-state index in [1.807, 2.05) is 13.2 Å². The quantitative estimate of drug-likeness (QED) is 0.782. The fraction of sp³-hybridized carbons (Fsp3) is 0.636. The van der Waals surface area contributed by atoms with Gasteiger partial charge in [0.15, 0.2) is 0 Å². The van der Waals surface area contributed by atoms with E-state index in [4.69, 9.17) is 5.11 Å². The molecule has 1 unspecified atom stereocenters. The molecule has 1 amide bonds. The van der Waals surface area contributed by atoms with Crippen molar-refractivity contribution in [3.05, 3.63) is 17.5 Å². The van der Waals surface area contributed by atoms with E-state index in [2.05, 4.69) is 10.4 Å². The van der Waals surface area contributed by atoms with Gasteiger partial charge in [0.05, 0.1) is 5.69 Å². The van der Waals surface area contributed by atoms with Crippen LogP contribution in [0.25, 0.3) is 0 Å². The van der Waals surface area contributed by atoms with Gasteiger partial charge in [-0.05, 0) is 25.7 Å². The summed E-state index contributed by atoms with van der Waals surface area (Å²) in [6, 6.07) is 1.75. The summed E-state index contributed by atoms with van der Waals surface area (Å²) in [5.41, 5.74) is 1.37. The number of nitrogens with zero attached hydrogens (tertiary/aromatic N) is 2. The number of carbonyl (C=O) groups is 1. The van der Waals surface area contributed by atoms with Crippen molar-refractivity contribution in [1.82, 2.24) is 15.1 Å². The molecule has 0 aliphatic carbocycles. The molecule has 1 aromatic heterocycles. The molecule has 0 bridgehead atoms. The average molecular weight is 257 g/mol. The first-order valence-electron chi connectivity index (χ1n) is 5.49. The number of aromatic nitrogens is 2. The molecule has 17 heavy (non-hydrogen) atoms. The minimum absolute atomic E-state index is 0.00212. The number of amides is 1. The van der Waals surface area contributed by atoms with Crippen LogP contribution in [0.15, 0.2) is 6.07 Å². The van der Waals surface area contributed by atoms with Gasteiger partial charge in [-0.25, -0.2) is 0 Å². The highest BCUT2D eigenvalue weighted by Crippen LogP contribution is 2.05. The molecule has 1 aromatic rings. The van der Waals surface area contributed by atoms with Crippen LogP contribution in [-0.4, -0.2) is 45.5 Å². The van der Waals surface area contributed by atoms with Gasteiger partial charge in [0.25, 0.3) is 5.91 Å². The molecule has 1 heterocycles. The van der Waals surface area contributed by atoms with Crippen LogP contribution in [0.2, 0.25) is 0 Å². The SMILES string of the molecule is CSCC(CCO)NC(=O)c1cc(C)nn1C. The number of aliphatic hydroxyl groups is 1. The number of hydrogen-bond acceptors (Lipinski definition) is 4. The summed E-state index contributed by atoms with van der Waals surface area (Å²) in [6.45, 7) is 1.93. The zero-order chi connectivity index (χ0) is 12.8. The van der Waals surface area contributed by atoms with E-state index in [1.165, 1.54) is 0 Å². The predicted octanol–water partition coefficient (Wildman–Crippen LogP) is 0.572. The topological polar surface area (TPSA) is 67.2 Å². The monoisotopic (exact) mass is 257 g/mol. The van der Waals surface area contributed by atoms with E-state index in [0.29, 0.717) is 12.1 Å². The van der Waals surface area contributed by atoms with E-state index < -0.39 is 0 Å². The van der Waals surface area contributed by atoms with Crippen molar-refractivity contribution in [2.45, 2.75) is 19.4 Å². The van der Waals surface area contributed by atoms with Gasteiger partial charge in [-0.15, -0.1) is 0 Å². The fourth-order valence-electron chi connectivity index (χ4n) is 1.64. The summed E-state index contributed by atoms with van der Waals surface area (Å²) in [6.07, 6.45) is 2.55. The Hall–Kier alpha value is -1.01. The number of nitrogens with one attached hydrogen (secondary N) is 1. The highest BCUT2D eigenvalue weighted by molar-refractivity contribution is 7.98. The average Bonchev–Trinajstić information content (AvgIpc) is 2.58. The minimum Gasteiger partial charge on any atom is -0.396 e. The molecule has 0 radical (unpaired) electrons. The van der Waals surface area contributed by atoms with E-state index in [0.717, 1.165) is 11.4 Å². The van der Waals surface area contributed by atoms with Crippen LogP contribution in [0, 0.1) is 6.92 Å². The van der Waals surface area contributed by atoms with Crippen LogP contribution in [0.4, 0.5) is 0 Å². The number of aryl methyl sites for hydroxylation is 2. The second-order valence-corrected chi connectivity index (χ2v) is 4.84. The van der Waals surface area contributed by atoms with Crippen molar-refractivity contribution in [2.75, 3.05) is 18.6 Å². The third kappa shape index (κ3) is 4.05. The lowest BCUT2D eigenvalue weighted by atomic mass is 10.2. The highest BCUT2D eigenvalue weighted by Gasteiger charge is 2.16. The molecule has 6 heteroatoms. The van der Waals surface area contributed by atoms with Crippen molar-refractivity contribution >= 4 is 17.7 Å². The molecule has 0 aromatic carbocycles. The Kier molecular flexibility index (Phi) is 5.50. The first-order valence-corrected chi connectivity index (χ1v) is 6.89.